The molecule has 16 heavy (non-hydrogen) atoms. The molecule has 0 bridgehead atoms. The molecule has 0 radical (unpaired) electrons. The maximum absolute atomic E-state index is 11.3. The van der Waals surface area contributed by atoms with Gasteiger partial charge in [-0.2, -0.15) is 0 Å². The molecule has 0 atom stereocenters. The zero-order valence-electron chi connectivity index (χ0n) is 9.71. The van der Waals surface area contributed by atoms with Crippen molar-refractivity contribution in [1.29, 1.82) is 0 Å². The van der Waals surface area contributed by atoms with Gasteiger partial charge in [0, 0.05) is 13.1 Å². The fraction of sp³-hybridized carbons (Fsp3) is 0.818. The first kappa shape index (κ1) is 12.8. The van der Waals surface area contributed by atoms with E-state index >= 15 is 0 Å². The van der Waals surface area contributed by atoms with Crippen molar-refractivity contribution < 1.29 is 14.7 Å². The lowest BCUT2D eigenvalue weighted by Gasteiger charge is -2.37. The van der Waals surface area contributed by atoms with Crippen molar-refractivity contribution in [3.8, 4) is 0 Å². The molecule has 0 spiro atoms. The van der Waals surface area contributed by atoms with Crippen molar-refractivity contribution in [2.45, 2.75) is 39.0 Å². The number of urea groups is 1. The van der Waals surface area contributed by atoms with Gasteiger partial charge < -0.3 is 15.7 Å². The van der Waals surface area contributed by atoms with Crippen LogP contribution >= 0.6 is 0 Å². The number of rotatable bonds is 6. The van der Waals surface area contributed by atoms with Crippen molar-refractivity contribution in [3.05, 3.63) is 0 Å². The van der Waals surface area contributed by atoms with Gasteiger partial charge >= 0.3 is 12.0 Å². The standard InChI is InChI=1S/C11H20N2O3/c1-2-3-7-12-10(16)13-8-11(9(14)15)5-4-6-11/h2-8H2,1H3,(H,14,15)(H2,12,13,16). The number of carbonyl (C=O) groups excluding carboxylic acids is 1. The number of carbonyl (C=O) groups is 2. The van der Waals surface area contributed by atoms with E-state index in [0.29, 0.717) is 19.4 Å². The largest absolute Gasteiger partial charge is 0.481 e. The van der Waals surface area contributed by atoms with Crippen LogP contribution in [0.2, 0.25) is 0 Å². The van der Waals surface area contributed by atoms with Crippen LogP contribution in [0.25, 0.3) is 0 Å². The number of nitrogens with one attached hydrogen (secondary N) is 2. The summed E-state index contributed by atoms with van der Waals surface area (Å²) in [5, 5.41) is 14.4. The van der Waals surface area contributed by atoms with E-state index in [9.17, 15) is 9.59 Å². The number of hydrogen-bond donors (Lipinski definition) is 3. The van der Waals surface area contributed by atoms with Crippen LogP contribution in [0, 0.1) is 5.41 Å². The lowest BCUT2D eigenvalue weighted by Crippen LogP contribution is -2.49. The summed E-state index contributed by atoms with van der Waals surface area (Å²) >= 11 is 0. The van der Waals surface area contributed by atoms with Crippen LogP contribution in [0.5, 0.6) is 0 Å². The monoisotopic (exact) mass is 228 g/mol. The lowest BCUT2D eigenvalue weighted by atomic mass is 9.69. The minimum Gasteiger partial charge on any atom is -0.481 e. The molecule has 1 saturated carbocycles. The van der Waals surface area contributed by atoms with Gasteiger partial charge in [0.2, 0.25) is 0 Å². The van der Waals surface area contributed by atoms with Gasteiger partial charge in [-0.15, -0.1) is 0 Å². The van der Waals surface area contributed by atoms with Gasteiger partial charge in [0.05, 0.1) is 5.41 Å². The summed E-state index contributed by atoms with van der Waals surface area (Å²) in [6.07, 6.45) is 4.23. The average Bonchev–Trinajstić information content (AvgIpc) is 2.16. The number of unbranched alkanes of at least 4 members (excludes halogenated alkanes) is 1. The third-order valence-corrected chi connectivity index (χ3v) is 3.17. The molecule has 3 N–H and O–H groups in total. The fourth-order valence-electron chi connectivity index (χ4n) is 1.76. The first-order valence-electron chi connectivity index (χ1n) is 5.86. The van der Waals surface area contributed by atoms with E-state index in [2.05, 4.69) is 10.6 Å². The van der Waals surface area contributed by atoms with Gasteiger partial charge in [-0.25, -0.2) is 4.79 Å². The lowest BCUT2D eigenvalue weighted by molar-refractivity contribution is -0.153. The zero-order valence-corrected chi connectivity index (χ0v) is 9.71. The summed E-state index contributed by atoms with van der Waals surface area (Å²) in [5.74, 6) is -0.799. The van der Waals surface area contributed by atoms with Crippen molar-refractivity contribution >= 4 is 12.0 Å². The summed E-state index contributed by atoms with van der Waals surface area (Å²) in [5.41, 5.74) is -0.706. The van der Waals surface area contributed by atoms with Crippen molar-refractivity contribution in [3.63, 3.8) is 0 Å². The van der Waals surface area contributed by atoms with Crippen LogP contribution in [-0.2, 0) is 4.79 Å². The average molecular weight is 228 g/mol. The molecule has 2 amide bonds. The van der Waals surface area contributed by atoms with E-state index in [0.717, 1.165) is 19.3 Å². The smallest absolute Gasteiger partial charge is 0.314 e. The Labute approximate surface area is 95.6 Å². The van der Waals surface area contributed by atoms with Crippen LogP contribution < -0.4 is 10.6 Å². The highest BCUT2D eigenvalue weighted by Crippen LogP contribution is 2.40. The van der Waals surface area contributed by atoms with Crippen LogP contribution in [0.1, 0.15) is 39.0 Å². The molecule has 1 aliphatic rings. The molecule has 5 nitrogen and oxygen atoms in total. The van der Waals surface area contributed by atoms with Crippen molar-refractivity contribution in [2.75, 3.05) is 13.1 Å². The highest BCUT2D eigenvalue weighted by molar-refractivity contribution is 5.78. The van der Waals surface area contributed by atoms with E-state index in [1.165, 1.54) is 0 Å². The van der Waals surface area contributed by atoms with Gasteiger partial charge in [0.15, 0.2) is 0 Å². The Morgan fingerprint density at radius 1 is 1.31 bits per heavy atom. The van der Waals surface area contributed by atoms with Crippen molar-refractivity contribution in [2.24, 2.45) is 5.41 Å². The van der Waals surface area contributed by atoms with Gasteiger partial charge in [-0.05, 0) is 19.3 Å². The van der Waals surface area contributed by atoms with Gasteiger partial charge in [-0.1, -0.05) is 19.8 Å². The summed E-state index contributed by atoms with van der Waals surface area (Å²) in [4.78, 5) is 22.3. The molecule has 0 aromatic carbocycles. The van der Waals surface area contributed by atoms with Gasteiger partial charge in [-0.3, -0.25) is 4.79 Å². The highest BCUT2D eigenvalue weighted by atomic mass is 16.4. The second-order valence-electron chi connectivity index (χ2n) is 4.40. The Kier molecular flexibility index (Phi) is 4.58. The molecule has 0 aliphatic heterocycles. The SMILES string of the molecule is CCCCNC(=O)NCC1(C(=O)O)CCC1. The second-order valence-corrected chi connectivity index (χ2v) is 4.40. The predicted molar refractivity (Wildman–Crippen MR) is 60.2 cm³/mol. The Balaban J connectivity index is 2.22. The van der Waals surface area contributed by atoms with E-state index < -0.39 is 11.4 Å². The summed E-state index contributed by atoms with van der Waals surface area (Å²) in [6.45, 7) is 2.93. The number of aliphatic carboxylic acids is 1. The quantitative estimate of drug-likeness (QED) is 0.600. The van der Waals surface area contributed by atoms with E-state index in [-0.39, 0.29) is 12.6 Å². The molecule has 92 valence electrons. The molecule has 5 heteroatoms. The Morgan fingerprint density at radius 3 is 2.44 bits per heavy atom. The van der Waals surface area contributed by atoms with E-state index in [1.807, 2.05) is 6.92 Å². The maximum Gasteiger partial charge on any atom is 0.314 e. The minimum absolute atomic E-state index is 0.236. The third-order valence-electron chi connectivity index (χ3n) is 3.17. The zero-order chi connectivity index (χ0) is 12.0. The van der Waals surface area contributed by atoms with Gasteiger partial charge in [0.1, 0.15) is 0 Å². The topological polar surface area (TPSA) is 78.4 Å². The predicted octanol–water partition coefficient (Wildman–Crippen LogP) is 1.34. The fourth-order valence-corrected chi connectivity index (χ4v) is 1.76. The van der Waals surface area contributed by atoms with Crippen LogP contribution in [0.15, 0.2) is 0 Å². The van der Waals surface area contributed by atoms with Crippen LogP contribution in [-0.4, -0.2) is 30.2 Å². The van der Waals surface area contributed by atoms with Crippen LogP contribution in [0.3, 0.4) is 0 Å². The first-order valence-corrected chi connectivity index (χ1v) is 5.86. The molecule has 0 aromatic rings. The highest BCUT2D eigenvalue weighted by Gasteiger charge is 2.44. The van der Waals surface area contributed by atoms with E-state index in [4.69, 9.17) is 5.11 Å². The van der Waals surface area contributed by atoms with Crippen LogP contribution in [0.4, 0.5) is 4.79 Å². The third kappa shape index (κ3) is 3.12. The second kappa shape index (κ2) is 5.72. The molecule has 0 unspecified atom stereocenters. The normalized spacial score (nSPS) is 17.3. The molecule has 0 aromatic heterocycles. The molecular formula is C11H20N2O3. The summed E-state index contributed by atoms with van der Waals surface area (Å²) in [7, 11) is 0. The van der Waals surface area contributed by atoms with Crippen molar-refractivity contribution in [1.82, 2.24) is 10.6 Å². The Bertz CT molecular complexity index is 262. The van der Waals surface area contributed by atoms with E-state index in [1.54, 1.807) is 0 Å². The minimum atomic E-state index is -0.799. The Hall–Kier alpha value is -1.26. The number of amides is 2. The maximum atomic E-state index is 11.3. The Morgan fingerprint density at radius 2 is 2.00 bits per heavy atom. The molecule has 1 rings (SSSR count). The summed E-state index contributed by atoms with van der Waals surface area (Å²) < 4.78 is 0. The molecular weight excluding hydrogens is 208 g/mol. The molecule has 0 heterocycles. The molecule has 0 saturated heterocycles. The molecule has 1 aliphatic carbocycles. The van der Waals surface area contributed by atoms with Gasteiger partial charge in [0.25, 0.3) is 0 Å². The number of hydrogen-bond acceptors (Lipinski definition) is 2. The first-order chi connectivity index (χ1) is 7.60. The summed E-state index contributed by atoms with van der Waals surface area (Å²) in [6, 6.07) is -0.263. The molecule has 1 fully saturated rings. The number of carboxylic acid groups (broad SMARTS) is 1. The number of carboxylic acids is 1.